The second-order valence-electron chi connectivity index (χ2n) is 6.63. The quantitative estimate of drug-likeness (QED) is 0.263. The minimum atomic E-state index is 0. The first-order chi connectivity index (χ1) is 12.2. The summed E-state index contributed by atoms with van der Waals surface area (Å²) in [5, 5.41) is 6.70. The third kappa shape index (κ3) is 7.80. The zero-order valence-electron chi connectivity index (χ0n) is 16.5. The standard InChI is InChI=1S/C20H34N4O.HI/c1-4-25-14-12-22-20(21-3)23-15-18-10-5-6-11-19(18)16-24-13-8-7-9-17(24)2;/h5-6,10-11,17H,4,7-9,12-16H2,1-3H3,(H2,21,22,23);1H. The number of guanidine groups is 1. The van der Waals surface area contributed by atoms with Crippen LogP contribution in [0.4, 0.5) is 0 Å². The van der Waals surface area contributed by atoms with Gasteiger partial charge in [0.25, 0.3) is 0 Å². The van der Waals surface area contributed by atoms with E-state index in [1.165, 1.54) is 36.9 Å². The molecule has 5 nitrogen and oxygen atoms in total. The van der Waals surface area contributed by atoms with Gasteiger partial charge in [0.05, 0.1) is 6.61 Å². The molecule has 148 valence electrons. The predicted molar refractivity (Wildman–Crippen MR) is 120 cm³/mol. The molecule has 26 heavy (non-hydrogen) atoms. The molecule has 0 bridgehead atoms. The van der Waals surface area contributed by atoms with E-state index in [1.807, 2.05) is 6.92 Å². The third-order valence-electron chi connectivity index (χ3n) is 4.85. The average Bonchev–Trinajstić information content (AvgIpc) is 2.64. The van der Waals surface area contributed by atoms with Crippen molar-refractivity contribution in [2.75, 3.05) is 33.4 Å². The minimum Gasteiger partial charge on any atom is -0.380 e. The van der Waals surface area contributed by atoms with Crippen LogP contribution in [0.3, 0.4) is 0 Å². The number of piperidine rings is 1. The van der Waals surface area contributed by atoms with E-state index in [9.17, 15) is 0 Å². The van der Waals surface area contributed by atoms with Gasteiger partial charge in [-0.15, -0.1) is 24.0 Å². The van der Waals surface area contributed by atoms with Crippen molar-refractivity contribution in [3.8, 4) is 0 Å². The first-order valence-electron chi connectivity index (χ1n) is 9.57. The van der Waals surface area contributed by atoms with Gasteiger partial charge in [0.1, 0.15) is 0 Å². The predicted octanol–water partition coefficient (Wildman–Crippen LogP) is 3.38. The second kappa shape index (κ2) is 13.3. The van der Waals surface area contributed by atoms with Gasteiger partial charge in [-0.1, -0.05) is 30.7 Å². The maximum Gasteiger partial charge on any atom is 0.191 e. The normalized spacial score (nSPS) is 18.3. The van der Waals surface area contributed by atoms with Gasteiger partial charge in [0.15, 0.2) is 5.96 Å². The van der Waals surface area contributed by atoms with Crippen molar-refractivity contribution in [2.24, 2.45) is 4.99 Å². The van der Waals surface area contributed by atoms with Crippen LogP contribution in [0.1, 0.15) is 44.2 Å². The summed E-state index contributed by atoms with van der Waals surface area (Å²) in [4.78, 5) is 6.90. The Hall–Kier alpha value is -0.860. The highest BCUT2D eigenvalue weighted by Gasteiger charge is 2.19. The van der Waals surface area contributed by atoms with Gasteiger partial charge < -0.3 is 15.4 Å². The Labute approximate surface area is 176 Å². The lowest BCUT2D eigenvalue weighted by molar-refractivity contribution is 0.152. The number of nitrogens with one attached hydrogen (secondary N) is 2. The number of hydrogen-bond acceptors (Lipinski definition) is 3. The van der Waals surface area contributed by atoms with Crippen molar-refractivity contribution in [2.45, 2.75) is 52.2 Å². The van der Waals surface area contributed by atoms with Crippen LogP contribution >= 0.6 is 24.0 Å². The molecule has 0 amide bonds. The Morgan fingerprint density at radius 1 is 1.23 bits per heavy atom. The largest absolute Gasteiger partial charge is 0.380 e. The molecule has 1 saturated heterocycles. The number of ether oxygens (including phenoxy) is 1. The summed E-state index contributed by atoms with van der Waals surface area (Å²) >= 11 is 0. The average molecular weight is 474 g/mol. The number of aliphatic imine (C=N–C) groups is 1. The first kappa shape index (κ1) is 23.2. The van der Waals surface area contributed by atoms with Gasteiger partial charge in [-0.3, -0.25) is 9.89 Å². The zero-order chi connectivity index (χ0) is 17.9. The minimum absolute atomic E-state index is 0. The molecule has 0 saturated carbocycles. The Morgan fingerprint density at radius 3 is 2.69 bits per heavy atom. The van der Waals surface area contributed by atoms with E-state index in [-0.39, 0.29) is 24.0 Å². The summed E-state index contributed by atoms with van der Waals surface area (Å²) in [6.07, 6.45) is 4.00. The highest BCUT2D eigenvalue weighted by molar-refractivity contribution is 14.0. The second-order valence-corrected chi connectivity index (χ2v) is 6.63. The molecule has 0 aromatic heterocycles. The fourth-order valence-corrected chi connectivity index (χ4v) is 3.28. The fraction of sp³-hybridized carbons (Fsp3) is 0.650. The van der Waals surface area contributed by atoms with Crippen LogP contribution in [-0.4, -0.2) is 50.3 Å². The maximum absolute atomic E-state index is 5.35. The van der Waals surface area contributed by atoms with Gasteiger partial charge in [-0.2, -0.15) is 0 Å². The van der Waals surface area contributed by atoms with E-state index >= 15 is 0 Å². The monoisotopic (exact) mass is 474 g/mol. The molecule has 2 N–H and O–H groups in total. The van der Waals surface area contributed by atoms with Gasteiger partial charge in [0, 0.05) is 39.3 Å². The number of hydrogen-bond donors (Lipinski definition) is 2. The van der Waals surface area contributed by atoms with E-state index in [4.69, 9.17) is 4.74 Å². The Kier molecular flexibility index (Phi) is 11.9. The summed E-state index contributed by atoms with van der Waals surface area (Å²) < 4.78 is 5.35. The van der Waals surface area contributed by atoms with Crippen LogP contribution in [0.2, 0.25) is 0 Å². The number of rotatable bonds is 8. The van der Waals surface area contributed by atoms with Gasteiger partial charge in [0.2, 0.25) is 0 Å². The summed E-state index contributed by atoms with van der Waals surface area (Å²) in [5.41, 5.74) is 2.75. The van der Waals surface area contributed by atoms with Crippen LogP contribution in [0.5, 0.6) is 0 Å². The Morgan fingerprint density at radius 2 is 2.00 bits per heavy atom. The number of halogens is 1. The highest BCUT2D eigenvalue weighted by Crippen LogP contribution is 2.20. The summed E-state index contributed by atoms with van der Waals surface area (Å²) in [6, 6.07) is 9.41. The third-order valence-corrected chi connectivity index (χ3v) is 4.85. The van der Waals surface area contributed by atoms with Crippen molar-refractivity contribution in [3.05, 3.63) is 35.4 Å². The fourth-order valence-electron chi connectivity index (χ4n) is 3.28. The number of benzene rings is 1. The molecule has 2 rings (SSSR count). The maximum atomic E-state index is 5.35. The Bertz CT molecular complexity index is 538. The summed E-state index contributed by atoms with van der Waals surface area (Å²) in [6.45, 7) is 9.60. The summed E-state index contributed by atoms with van der Waals surface area (Å²) in [5.74, 6) is 0.820. The molecule has 1 unspecified atom stereocenters. The number of likely N-dealkylation sites (tertiary alicyclic amines) is 1. The lowest BCUT2D eigenvalue weighted by Gasteiger charge is -2.33. The molecule has 0 spiro atoms. The van der Waals surface area contributed by atoms with Crippen molar-refractivity contribution in [1.82, 2.24) is 15.5 Å². The highest BCUT2D eigenvalue weighted by atomic mass is 127. The van der Waals surface area contributed by atoms with Gasteiger partial charge in [-0.25, -0.2) is 0 Å². The molecule has 1 aliphatic rings. The van der Waals surface area contributed by atoms with Crippen LogP contribution in [0.25, 0.3) is 0 Å². The molecule has 1 aromatic carbocycles. The SMILES string of the molecule is CCOCCNC(=NC)NCc1ccccc1CN1CCCCC1C.I. The van der Waals surface area contributed by atoms with Crippen molar-refractivity contribution in [3.63, 3.8) is 0 Å². The summed E-state index contributed by atoms with van der Waals surface area (Å²) in [7, 11) is 1.80. The molecule has 0 radical (unpaired) electrons. The first-order valence-corrected chi connectivity index (χ1v) is 9.57. The van der Waals surface area contributed by atoms with Crippen molar-refractivity contribution >= 4 is 29.9 Å². The molecule has 0 aliphatic carbocycles. The molecule has 1 heterocycles. The molecule has 1 atom stereocenters. The molecule has 1 aliphatic heterocycles. The molecule has 1 aromatic rings. The van der Waals surface area contributed by atoms with Crippen LogP contribution in [0, 0.1) is 0 Å². The number of nitrogens with zero attached hydrogens (tertiary/aromatic N) is 2. The topological polar surface area (TPSA) is 48.9 Å². The van der Waals surface area contributed by atoms with Gasteiger partial charge >= 0.3 is 0 Å². The Balaban J connectivity index is 0.00000338. The molecule has 6 heteroatoms. The van der Waals surface area contributed by atoms with Crippen LogP contribution in [-0.2, 0) is 17.8 Å². The van der Waals surface area contributed by atoms with E-state index in [0.29, 0.717) is 12.6 Å². The van der Waals surface area contributed by atoms with E-state index in [1.54, 1.807) is 7.05 Å². The van der Waals surface area contributed by atoms with E-state index in [0.717, 1.165) is 32.2 Å². The van der Waals surface area contributed by atoms with Crippen molar-refractivity contribution < 1.29 is 4.74 Å². The van der Waals surface area contributed by atoms with Crippen molar-refractivity contribution in [1.29, 1.82) is 0 Å². The molecule has 1 fully saturated rings. The smallest absolute Gasteiger partial charge is 0.191 e. The van der Waals surface area contributed by atoms with Gasteiger partial charge in [-0.05, 0) is 44.4 Å². The zero-order valence-corrected chi connectivity index (χ0v) is 18.8. The molecular formula is C20H35IN4O. The van der Waals surface area contributed by atoms with E-state index < -0.39 is 0 Å². The van der Waals surface area contributed by atoms with Crippen LogP contribution < -0.4 is 10.6 Å². The van der Waals surface area contributed by atoms with E-state index in [2.05, 4.69) is 51.7 Å². The lowest BCUT2D eigenvalue weighted by Crippen LogP contribution is -2.39. The molecular weight excluding hydrogens is 439 g/mol. The van der Waals surface area contributed by atoms with Crippen LogP contribution in [0.15, 0.2) is 29.3 Å². The lowest BCUT2D eigenvalue weighted by atomic mass is 10.0.